The lowest BCUT2D eigenvalue weighted by Gasteiger charge is -2.40. The fourth-order valence-corrected chi connectivity index (χ4v) is 2.48. The van der Waals surface area contributed by atoms with E-state index in [0.29, 0.717) is 23.3 Å². The van der Waals surface area contributed by atoms with Crippen molar-refractivity contribution in [2.45, 2.75) is 54.0 Å². The fraction of sp³-hybridized carbons (Fsp3) is 0.933. The highest BCUT2D eigenvalue weighted by Crippen LogP contribution is 2.24. The van der Waals surface area contributed by atoms with Crippen LogP contribution in [0.5, 0.6) is 0 Å². The molecule has 2 unspecified atom stereocenters. The van der Waals surface area contributed by atoms with E-state index in [0.717, 1.165) is 19.6 Å². The van der Waals surface area contributed by atoms with Crippen molar-refractivity contribution in [3.05, 3.63) is 0 Å². The van der Waals surface area contributed by atoms with E-state index in [1.807, 2.05) is 4.90 Å². The largest absolute Gasteiger partial charge is 0.341 e. The lowest BCUT2D eigenvalue weighted by atomic mass is 9.85. The summed E-state index contributed by atoms with van der Waals surface area (Å²) in [7, 11) is 0. The molecule has 3 heteroatoms. The first-order valence-electron chi connectivity index (χ1n) is 7.18. The average Bonchev–Trinajstić information content (AvgIpc) is 2.25. The van der Waals surface area contributed by atoms with E-state index in [2.05, 4.69) is 39.9 Å². The molecule has 0 aromatic heterocycles. The number of nitrogens with zero attached hydrogens (tertiary/aromatic N) is 1. The van der Waals surface area contributed by atoms with Gasteiger partial charge >= 0.3 is 0 Å². The number of amides is 1. The molecule has 0 bridgehead atoms. The molecule has 1 fully saturated rings. The SMILES string of the molecule is CC(=O)N1CC(NCC(C)(C)C)CC(C(C)C)C1. The predicted octanol–water partition coefficient (Wildman–Crippen LogP) is 2.52. The second-order valence-corrected chi connectivity index (χ2v) is 7.30. The summed E-state index contributed by atoms with van der Waals surface area (Å²) < 4.78 is 0. The summed E-state index contributed by atoms with van der Waals surface area (Å²) >= 11 is 0. The second-order valence-electron chi connectivity index (χ2n) is 7.30. The van der Waals surface area contributed by atoms with Crippen LogP contribution in [0.15, 0.2) is 0 Å². The van der Waals surface area contributed by atoms with Crippen LogP contribution >= 0.6 is 0 Å². The zero-order valence-electron chi connectivity index (χ0n) is 12.9. The molecule has 1 amide bonds. The Morgan fingerprint density at radius 1 is 1.33 bits per heavy atom. The van der Waals surface area contributed by atoms with Gasteiger partial charge in [-0.2, -0.15) is 0 Å². The van der Waals surface area contributed by atoms with Crippen LogP contribution in [0.1, 0.15) is 48.0 Å². The molecule has 1 N–H and O–H groups in total. The summed E-state index contributed by atoms with van der Waals surface area (Å²) in [6.07, 6.45) is 1.19. The number of likely N-dealkylation sites (tertiary alicyclic amines) is 1. The maximum atomic E-state index is 11.6. The topological polar surface area (TPSA) is 32.3 Å². The molecule has 1 aliphatic rings. The molecular formula is C15H30N2O. The van der Waals surface area contributed by atoms with E-state index >= 15 is 0 Å². The molecule has 0 aromatic carbocycles. The Kier molecular flexibility index (Phi) is 5.20. The van der Waals surface area contributed by atoms with Crippen molar-refractivity contribution in [1.29, 1.82) is 0 Å². The molecule has 18 heavy (non-hydrogen) atoms. The zero-order chi connectivity index (χ0) is 13.9. The fourth-order valence-electron chi connectivity index (χ4n) is 2.48. The quantitative estimate of drug-likeness (QED) is 0.839. The van der Waals surface area contributed by atoms with Crippen LogP contribution in [-0.2, 0) is 4.79 Å². The van der Waals surface area contributed by atoms with Crippen LogP contribution in [-0.4, -0.2) is 36.5 Å². The third-order valence-electron chi connectivity index (χ3n) is 3.79. The van der Waals surface area contributed by atoms with Crippen LogP contribution in [0.4, 0.5) is 0 Å². The molecule has 1 rings (SSSR count). The summed E-state index contributed by atoms with van der Waals surface area (Å²) in [6, 6.07) is 0.453. The van der Waals surface area contributed by atoms with Crippen LogP contribution in [0, 0.1) is 17.3 Å². The lowest BCUT2D eigenvalue weighted by molar-refractivity contribution is -0.131. The maximum absolute atomic E-state index is 11.6. The van der Waals surface area contributed by atoms with Crippen molar-refractivity contribution in [2.24, 2.45) is 17.3 Å². The van der Waals surface area contributed by atoms with Crippen molar-refractivity contribution >= 4 is 5.91 Å². The van der Waals surface area contributed by atoms with Gasteiger partial charge in [-0.1, -0.05) is 34.6 Å². The first kappa shape index (κ1) is 15.5. The van der Waals surface area contributed by atoms with Crippen molar-refractivity contribution in [3.63, 3.8) is 0 Å². The molecule has 0 radical (unpaired) electrons. The number of hydrogen-bond acceptors (Lipinski definition) is 2. The third kappa shape index (κ3) is 4.97. The molecule has 0 spiro atoms. The Morgan fingerprint density at radius 3 is 2.39 bits per heavy atom. The number of piperidine rings is 1. The highest BCUT2D eigenvalue weighted by molar-refractivity contribution is 5.73. The molecule has 1 heterocycles. The van der Waals surface area contributed by atoms with Crippen LogP contribution < -0.4 is 5.32 Å². The van der Waals surface area contributed by atoms with E-state index in [-0.39, 0.29) is 5.91 Å². The van der Waals surface area contributed by atoms with Gasteiger partial charge in [0.1, 0.15) is 0 Å². The molecule has 1 aliphatic heterocycles. The lowest BCUT2D eigenvalue weighted by Crippen LogP contribution is -2.52. The summed E-state index contributed by atoms with van der Waals surface area (Å²) in [5, 5.41) is 3.64. The van der Waals surface area contributed by atoms with E-state index in [9.17, 15) is 4.79 Å². The van der Waals surface area contributed by atoms with E-state index < -0.39 is 0 Å². The van der Waals surface area contributed by atoms with E-state index in [1.165, 1.54) is 6.42 Å². The molecule has 2 atom stereocenters. The van der Waals surface area contributed by atoms with Gasteiger partial charge in [-0.15, -0.1) is 0 Å². The average molecular weight is 254 g/mol. The van der Waals surface area contributed by atoms with Crippen molar-refractivity contribution in [1.82, 2.24) is 10.2 Å². The van der Waals surface area contributed by atoms with Gasteiger partial charge in [-0.3, -0.25) is 4.79 Å². The summed E-state index contributed by atoms with van der Waals surface area (Å²) in [4.78, 5) is 13.6. The van der Waals surface area contributed by atoms with Gasteiger partial charge in [0.2, 0.25) is 5.91 Å². The number of rotatable bonds is 3. The molecular weight excluding hydrogens is 224 g/mol. The monoisotopic (exact) mass is 254 g/mol. The minimum absolute atomic E-state index is 0.211. The van der Waals surface area contributed by atoms with Gasteiger partial charge in [-0.25, -0.2) is 0 Å². The highest BCUT2D eigenvalue weighted by Gasteiger charge is 2.30. The Labute approximate surface area is 112 Å². The maximum Gasteiger partial charge on any atom is 0.219 e. The first-order chi connectivity index (χ1) is 8.19. The van der Waals surface area contributed by atoms with Crippen LogP contribution in [0.3, 0.4) is 0 Å². The number of nitrogens with one attached hydrogen (secondary N) is 1. The second kappa shape index (κ2) is 6.05. The molecule has 0 saturated carbocycles. The first-order valence-corrected chi connectivity index (χ1v) is 7.18. The van der Waals surface area contributed by atoms with Crippen molar-refractivity contribution in [2.75, 3.05) is 19.6 Å². The molecule has 0 aromatic rings. The summed E-state index contributed by atoms with van der Waals surface area (Å²) in [5.74, 6) is 1.48. The molecule has 0 aliphatic carbocycles. The van der Waals surface area contributed by atoms with Gasteiger partial charge in [0.05, 0.1) is 0 Å². The normalized spacial score (nSPS) is 25.6. The number of hydrogen-bond donors (Lipinski definition) is 1. The highest BCUT2D eigenvalue weighted by atomic mass is 16.2. The Morgan fingerprint density at radius 2 is 1.94 bits per heavy atom. The predicted molar refractivity (Wildman–Crippen MR) is 76.4 cm³/mol. The summed E-state index contributed by atoms with van der Waals surface area (Å²) in [6.45, 7) is 15.7. The molecule has 3 nitrogen and oxygen atoms in total. The van der Waals surface area contributed by atoms with E-state index in [4.69, 9.17) is 0 Å². The van der Waals surface area contributed by atoms with Gasteiger partial charge in [0.15, 0.2) is 0 Å². The smallest absolute Gasteiger partial charge is 0.219 e. The van der Waals surface area contributed by atoms with Gasteiger partial charge < -0.3 is 10.2 Å². The Hall–Kier alpha value is -0.570. The van der Waals surface area contributed by atoms with Gasteiger partial charge in [-0.05, 0) is 23.7 Å². The minimum Gasteiger partial charge on any atom is -0.341 e. The summed E-state index contributed by atoms with van der Waals surface area (Å²) in [5.41, 5.74) is 0.297. The Balaban J connectivity index is 2.59. The van der Waals surface area contributed by atoms with Gasteiger partial charge in [0, 0.05) is 32.6 Å². The van der Waals surface area contributed by atoms with Crippen molar-refractivity contribution < 1.29 is 4.79 Å². The third-order valence-corrected chi connectivity index (χ3v) is 3.79. The molecule has 106 valence electrons. The molecule has 1 saturated heterocycles. The van der Waals surface area contributed by atoms with Crippen molar-refractivity contribution in [3.8, 4) is 0 Å². The number of carbonyl (C=O) groups excluding carboxylic acids is 1. The van der Waals surface area contributed by atoms with Crippen LogP contribution in [0.2, 0.25) is 0 Å². The van der Waals surface area contributed by atoms with Crippen LogP contribution in [0.25, 0.3) is 0 Å². The standard InChI is InChI=1S/C15H30N2O/c1-11(2)13-7-14(16-10-15(4,5)6)9-17(8-13)12(3)18/h11,13-14,16H,7-10H2,1-6H3. The van der Waals surface area contributed by atoms with Gasteiger partial charge in [0.25, 0.3) is 0 Å². The number of carbonyl (C=O) groups is 1. The Bertz CT molecular complexity index is 281. The van der Waals surface area contributed by atoms with E-state index in [1.54, 1.807) is 6.92 Å². The zero-order valence-corrected chi connectivity index (χ0v) is 12.9. The minimum atomic E-state index is 0.211.